The maximum absolute atomic E-state index is 12.9. The molecule has 1 N–H and O–H groups in total. The van der Waals surface area contributed by atoms with E-state index in [0.29, 0.717) is 40.8 Å². The van der Waals surface area contributed by atoms with Crippen molar-refractivity contribution in [3.8, 4) is 17.2 Å². The monoisotopic (exact) mass is 478 g/mol. The Kier molecular flexibility index (Phi) is 7.67. The van der Waals surface area contributed by atoms with Gasteiger partial charge in [-0.05, 0) is 56.2 Å². The van der Waals surface area contributed by atoms with E-state index in [1.807, 2.05) is 11.8 Å². The molecule has 2 aromatic carbocycles. The van der Waals surface area contributed by atoms with Crippen molar-refractivity contribution in [1.29, 1.82) is 0 Å². The largest absolute Gasteiger partial charge is 0.488 e. The zero-order valence-corrected chi connectivity index (χ0v) is 20.2. The molecule has 2 amide bonds. The highest BCUT2D eigenvalue weighted by molar-refractivity contribution is 6.04. The Morgan fingerprint density at radius 1 is 1.00 bits per heavy atom. The predicted octanol–water partition coefficient (Wildman–Crippen LogP) is 4.11. The molecule has 1 aliphatic heterocycles. The van der Waals surface area contributed by atoms with Crippen molar-refractivity contribution < 1.29 is 23.8 Å². The topological polar surface area (TPSA) is 94.9 Å². The van der Waals surface area contributed by atoms with Gasteiger partial charge in [0.1, 0.15) is 23.4 Å². The van der Waals surface area contributed by atoms with E-state index in [1.165, 1.54) is 0 Å². The van der Waals surface area contributed by atoms with Crippen LogP contribution in [-0.2, 0) is 11.8 Å². The van der Waals surface area contributed by atoms with E-state index in [1.54, 1.807) is 73.6 Å². The van der Waals surface area contributed by atoms with Gasteiger partial charge >= 0.3 is 0 Å². The van der Waals surface area contributed by atoms with Crippen LogP contribution >= 0.6 is 0 Å². The van der Waals surface area contributed by atoms with Crippen LogP contribution in [0.5, 0.6) is 17.2 Å². The lowest BCUT2D eigenvalue weighted by Gasteiger charge is -2.17. The molecule has 184 valence electrons. The summed E-state index contributed by atoms with van der Waals surface area (Å²) in [6.45, 7) is 3.87. The molecular weight excluding hydrogens is 448 g/mol. The number of amides is 2. The third-order valence-electron chi connectivity index (χ3n) is 5.57. The highest BCUT2D eigenvalue weighted by Crippen LogP contribution is 2.29. The van der Waals surface area contributed by atoms with E-state index >= 15 is 0 Å². The van der Waals surface area contributed by atoms with Gasteiger partial charge in [-0.15, -0.1) is 0 Å². The zero-order chi connectivity index (χ0) is 24.8. The lowest BCUT2D eigenvalue weighted by molar-refractivity contribution is 0.0792. The summed E-state index contributed by atoms with van der Waals surface area (Å²) in [5.41, 5.74) is 0.980. The summed E-state index contributed by atoms with van der Waals surface area (Å²) in [6.07, 6.45) is 3.61. The summed E-state index contributed by atoms with van der Waals surface area (Å²) in [7, 11) is 3.38. The molecular formula is C26H30N4O5. The molecule has 0 bridgehead atoms. The highest BCUT2D eigenvalue weighted by atomic mass is 16.5. The van der Waals surface area contributed by atoms with Gasteiger partial charge < -0.3 is 24.4 Å². The molecule has 0 saturated carbocycles. The second-order valence-electron chi connectivity index (χ2n) is 8.53. The third kappa shape index (κ3) is 6.39. The van der Waals surface area contributed by atoms with Crippen molar-refractivity contribution in [2.45, 2.75) is 25.9 Å². The minimum absolute atomic E-state index is 0.0325. The van der Waals surface area contributed by atoms with Gasteiger partial charge in [-0.2, -0.15) is 5.10 Å². The number of benzene rings is 2. The Balaban J connectivity index is 1.53. The minimum Gasteiger partial charge on any atom is -0.488 e. The number of carbonyl (C=O) groups excluding carboxylic acids is 2. The molecule has 1 aliphatic rings. The molecule has 1 unspecified atom stereocenters. The van der Waals surface area contributed by atoms with Gasteiger partial charge in [-0.25, -0.2) is 0 Å². The molecule has 9 nitrogen and oxygen atoms in total. The van der Waals surface area contributed by atoms with Crippen molar-refractivity contribution in [1.82, 2.24) is 14.7 Å². The van der Waals surface area contributed by atoms with Crippen LogP contribution in [0.25, 0.3) is 0 Å². The van der Waals surface area contributed by atoms with Crippen molar-refractivity contribution in [2.24, 2.45) is 7.05 Å². The molecule has 2 heterocycles. The van der Waals surface area contributed by atoms with E-state index in [4.69, 9.17) is 14.2 Å². The number of aromatic nitrogens is 2. The summed E-state index contributed by atoms with van der Waals surface area (Å²) in [6, 6.07) is 13.7. The Hall–Kier alpha value is -3.85. The molecule has 1 fully saturated rings. The van der Waals surface area contributed by atoms with E-state index in [9.17, 15) is 9.59 Å². The average Bonchev–Trinajstić information content (AvgIpc) is 3.51. The van der Waals surface area contributed by atoms with Crippen LogP contribution in [0.3, 0.4) is 0 Å². The van der Waals surface area contributed by atoms with Crippen LogP contribution in [-0.4, -0.2) is 59.4 Å². The lowest BCUT2D eigenvalue weighted by Crippen LogP contribution is -2.27. The number of carbonyl (C=O) groups is 2. The first-order valence-corrected chi connectivity index (χ1v) is 11.6. The SMILES string of the molecule is COCC(C)Oc1cc(Oc2ccc(C(=O)N3CCCC3)cc2)cc(C(=O)Nc2ccn(C)n2)c1. The van der Waals surface area contributed by atoms with Crippen molar-refractivity contribution >= 4 is 17.6 Å². The number of ether oxygens (including phenoxy) is 3. The molecule has 1 atom stereocenters. The number of methoxy groups -OCH3 is 1. The maximum Gasteiger partial charge on any atom is 0.257 e. The molecule has 4 rings (SSSR count). The smallest absolute Gasteiger partial charge is 0.257 e. The first-order chi connectivity index (χ1) is 16.9. The molecule has 35 heavy (non-hydrogen) atoms. The van der Waals surface area contributed by atoms with Gasteiger partial charge in [0.25, 0.3) is 11.8 Å². The standard InChI is InChI=1S/C26H30N4O5/c1-18(17-33-3)34-22-14-20(25(31)27-24-10-13-29(2)28-24)15-23(16-22)35-21-8-6-19(7-9-21)26(32)30-11-4-5-12-30/h6-10,13-16,18H,4-5,11-12,17H2,1-3H3,(H,27,28,31). The summed E-state index contributed by atoms with van der Waals surface area (Å²) in [4.78, 5) is 27.4. The van der Waals surface area contributed by atoms with Crippen molar-refractivity contribution in [2.75, 3.05) is 32.1 Å². The molecule has 1 aromatic heterocycles. The molecule has 1 saturated heterocycles. The molecule has 3 aromatic rings. The van der Waals surface area contributed by atoms with Gasteiger partial charge in [0.15, 0.2) is 5.82 Å². The van der Waals surface area contributed by atoms with Crippen LogP contribution in [0.15, 0.2) is 54.7 Å². The Labute approximate surface area is 204 Å². The first kappa shape index (κ1) is 24.3. The Morgan fingerprint density at radius 2 is 1.71 bits per heavy atom. The van der Waals surface area contributed by atoms with Crippen molar-refractivity contribution in [3.05, 3.63) is 65.9 Å². The first-order valence-electron chi connectivity index (χ1n) is 11.6. The Bertz CT molecular complexity index is 1170. The lowest BCUT2D eigenvalue weighted by atomic mass is 10.1. The number of hydrogen-bond acceptors (Lipinski definition) is 6. The maximum atomic E-state index is 12.9. The average molecular weight is 479 g/mol. The normalized spacial score (nSPS) is 14.0. The van der Waals surface area contributed by atoms with E-state index in [2.05, 4.69) is 10.4 Å². The third-order valence-corrected chi connectivity index (χ3v) is 5.57. The van der Waals surface area contributed by atoms with Gasteiger partial charge in [0.2, 0.25) is 0 Å². The predicted molar refractivity (Wildman–Crippen MR) is 131 cm³/mol. The number of likely N-dealkylation sites (tertiary alicyclic amines) is 1. The number of aryl methyl sites for hydroxylation is 1. The second kappa shape index (κ2) is 11.1. The van der Waals surface area contributed by atoms with Crippen LogP contribution < -0.4 is 14.8 Å². The number of nitrogens with one attached hydrogen (secondary N) is 1. The fourth-order valence-electron chi connectivity index (χ4n) is 3.91. The Morgan fingerprint density at radius 3 is 2.37 bits per heavy atom. The summed E-state index contributed by atoms with van der Waals surface area (Å²) in [5.74, 6) is 1.57. The number of rotatable bonds is 9. The van der Waals surface area contributed by atoms with Gasteiger partial charge in [0.05, 0.1) is 6.61 Å². The van der Waals surface area contributed by atoms with Crippen LogP contribution in [0.2, 0.25) is 0 Å². The quantitative estimate of drug-likeness (QED) is 0.497. The minimum atomic E-state index is -0.343. The molecule has 0 aliphatic carbocycles. The fraction of sp³-hybridized carbons (Fsp3) is 0.346. The summed E-state index contributed by atoms with van der Waals surface area (Å²) in [5, 5.41) is 6.96. The van der Waals surface area contributed by atoms with Gasteiger partial charge in [-0.3, -0.25) is 14.3 Å². The molecule has 9 heteroatoms. The van der Waals surface area contributed by atoms with Crippen LogP contribution in [0.4, 0.5) is 5.82 Å². The number of anilines is 1. The van der Waals surface area contributed by atoms with Crippen LogP contribution in [0, 0.1) is 0 Å². The van der Waals surface area contributed by atoms with E-state index < -0.39 is 0 Å². The van der Waals surface area contributed by atoms with E-state index in [0.717, 1.165) is 25.9 Å². The van der Waals surface area contributed by atoms with Crippen LogP contribution in [0.1, 0.15) is 40.5 Å². The molecule has 0 spiro atoms. The zero-order valence-electron chi connectivity index (χ0n) is 20.2. The van der Waals surface area contributed by atoms with Gasteiger partial charge in [-0.1, -0.05) is 0 Å². The highest BCUT2D eigenvalue weighted by Gasteiger charge is 2.19. The second-order valence-corrected chi connectivity index (χ2v) is 8.53. The summed E-state index contributed by atoms with van der Waals surface area (Å²) >= 11 is 0. The summed E-state index contributed by atoms with van der Waals surface area (Å²) < 4.78 is 18.7. The number of nitrogens with zero attached hydrogens (tertiary/aromatic N) is 3. The number of hydrogen-bond donors (Lipinski definition) is 1. The van der Waals surface area contributed by atoms with Crippen molar-refractivity contribution in [3.63, 3.8) is 0 Å². The molecule has 0 radical (unpaired) electrons. The van der Waals surface area contributed by atoms with Gasteiger partial charge in [0, 0.05) is 56.7 Å². The van der Waals surface area contributed by atoms with E-state index in [-0.39, 0.29) is 17.9 Å². The fourth-order valence-corrected chi connectivity index (χ4v) is 3.91.